The molecule has 1 aliphatic rings. The number of carbonyl (C=O) groups excluding carboxylic acids is 1. The predicted molar refractivity (Wildman–Crippen MR) is 109 cm³/mol. The molecule has 2 aromatic rings. The Balaban J connectivity index is 1.80. The second-order valence-corrected chi connectivity index (χ2v) is 8.39. The molecule has 1 saturated heterocycles. The molecule has 0 radical (unpaired) electrons. The Hall–Kier alpha value is -2.37. The first-order valence-corrected chi connectivity index (χ1v) is 9.74. The lowest BCUT2D eigenvalue weighted by Crippen LogP contribution is -2.48. The maximum Gasteiger partial charge on any atom is 0.410 e. The normalized spacial score (nSPS) is 20.3. The molecule has 28 heavy (non-hydrogen) atoms. The minimum Gasteiger partial charge on any atom is -0.444 e. The zero-order valence-corrected chi connectivity index (χ0v) is 16.7. The van der Waals surface area contributed by atoms with Crippen LogP contribution < -0.4 is 0 Å². The van der Waals surface area contributed by atoms with Gasteiger partial charge in [0.1, 0.15) is 5.60 Å². The number of piperidine rings is 1. The summed E-state index contributed by atoms with van der Waals surface area (Å²) >= 11 is 0. The third-order valence-electron chi connectivity index (χ3n) is 5.11. The molecular weight excluding hydrogens is 354 g/mol. The van der Waals surface area contributed by atoms with Crippen LogP contribution in [-0.2, 0) is 4.74 Å². The number of rotatable bonds is 3. The number of carbonyl (C=O) groups is 1. The van der Waals surface area contributed by atoms with Crippen LogP contribution in [0.4, 0.5) is 4.79 Å². The maximum atomic E-state index is 12.4. The van der Waals surface area contributed by atoms with Crippen LogP contribution in [0.25, 0.3) is 11.1 Å². The van der Waals surface area contributed by atoms with Crippen molar-refractivity contribution in [2.45, 2.75) is 45.0 Å². The standard InChI is InChI=1S/C23H29NO4/c1-23(2,3)28-22(27)24-13-12-19(20(15-24)21(25)26)18-11-7-10-17(14-18)16-8-5-4-6-9-16/h4-11,14,19-21,25-26H,12-13,15H2,1-3H3/t19-,20?/m1/s1. The van der Waals surface area contributed by atoms with Crippen molar-refractivity contribution in [1.29, 1.82) is 0 Å². The van der Waals surface area contributed by atoms with E-state index in [-0.39, 0.29) is 12.5 Å². The van der Waals surface area contributed by atoms with Crippen LogP contribution in [0, 0.1) is 5.92 Å². The summed E-state index contributed by atoms with van der Waals surface area (Å²) in [5.74, 6) is -0.505. The third-order valence-corrected chi connectivity index (χ3v) is 5.11. The molecule has 0 bridgehead atoms. The molecule has 1 aliphatic heterocycles. The number of hydrogen-bond acceptors (Lipinski definition) is 4. The van der Waals surface area contributed by atoms with Gasteiger partial charge < -0.3 is 19.8 Å². The first-order valence-electron chi connectivity index (χ1n) is 9.74. The molecule has 2 N–H and O–H groups in total. The Labute approximate surface area is 166 Å². The summed E-state index contributed by atoms with van der Waals surface area (Å²) in [6.45, 7) is 6.26. The van der Waals surface area contributed by atoms with Crippen LogP contribution in [0.15, 0.2) is 54.6 Å². The van der Waals surface area contributed by atoms with Gasteiger partial charge in [-0.25, -0.2) is 4.79 Å². The summed E-state index contributed by atoms with van der Waals surface area (Å²) in [6, 6.07) is 18.3. The van der Waals surface area contributed by atoms with Gasteiger partial charge in [0, 0.05) is 19.0 Å². The smallest absolute Gasteiger partial charge is 0.410 e. The number of likely N-dealkylation sites (tertiary alicyclic amines) is 1. The molecule has 1 heterocycles. The number of amides is 1. The second-order valence-electron chi connectivity index (χ2n) is 8.39. The number of nitrogens with zero attached hydrogens (tertiary/aromatic N) is 1. The van der Waals surface area contributed by atoms with E-state index >= 15 is 0 Å². The van der Waals surface area contributed by atoms with E-state index in [9.17, 15) is 15.0 Å². The molecule has 5 heteroatoms. The molecule has 1 fully saturated rings. The van der Waals surface area contributed by atoms with Gasteiger partial charge in [0.15, 0.2) is 6.29 Å². The first-order chi connectivity index (χ1) is 13.2. The number of ether oxygens (including phenoxy) is 1. The summed E-state index contributed by atoms with van der Waals surface area (Å²) < 4.78 is 5.45. The molecule has 1 amide bonds. The molecule has 150 valence electrons. The lowest BCUT2D eigenvalue weighted by molar-refractivity contribution is -0.107. The highest BCUT2D eigenvalue weighted by Gasteiger charge is 2.37. The van der Waals surface area contributed by atoms with E-state index in [0.29, 0.717) is 13.0 Å². The zero-order valence-electron chi connectivity index (χ0n) is 16.7. The molecule has 0 aliphatic carbocycles. The van der Waals surface area contributed by atoms with Crippen LogP contribution in [0.2, 0.25) is 0 Å². The highest BCUT2D eigenvalue weighted by molar-refractivity contribution is 5.68. The van der Waals surface area contributed by atoms with Gasteiger partial charge in [-0.2, -0.15) is 0 Å². The summed E-state index contributed by atoms with van der Waals surface area (Å²) in [4.78, 5) is 14.0. The topological polar surface area (TPSA) is 70.0 Å². The Morgan fingerprint density at radius 3 is 2.39 bits per heavy atom. The van der Waals surface area contributed by atoms with Gasteiger partial charge in [-0.05, 0) is 49.8 Å². The second kappa shape index (κ2) is 8.33. The highest BCUT2D eigenvalue weighted by atomic mass is 16.6. The monoisotopic (exact) mass is 383 g/mol. The summed E-state index contributed by atoms with van der Waals surface area (Å²) in [7, 11) is 0. The fourth-order valence-corrected chi connectivity index (χ4v) is 3.77. The third kappa shape index (κ3) is 4.91. The molecule has 2 aromatic carbocycles. The Morgan fingerprint density at radius 1 is 1.07 bits per heavy atom. The van der Waals surface area contributed by atoms with E-state index in [1.54, 1.807) is 4.90 Å². The highest BCUT2D eigenvalue weighted by Crippen LogP contribution is 2.36. The molecule has 5 nitrogen and oxygen atoms in total. The number of hydrogen-bond donors (Lipinski definition) is 2. The number of aliphatic hydroxyl groups is 2. The average molecular weight is 383 g/mol. The lowest BCUT2D eigenvalue weighted by atomic mass is 9.79. The van der Waals surface area contributed by atoms with Crippen molar-refractivity contribution >= 4 is 6.09 Å². The molecular formula is C23H29NO4. The summed E-state index contributed by atoms with van der Waals surface area (Å²) in [5.41, 5.74) is 2.70. The fourth-order valence-electron chi connectivity index (χ4n) is 3.77. The summed E-state index contributed by atoms with van der Waals surface area (Å²) in [6.07, 6.45) is -1.26. The Bertz CT molecular complexity index is 798. The molecule has 2 atom stereocenters. The average Bonchev–Trinajstić information content (AvgIpc) is 2.67. The van der Waals surface area contributed by atoms with E-state index in [4.69, 9.17) is 4.74 Å². The van der Waals surface area contributed by atoms with Crippen molar-refractivity contribution in [3.63, 3.8) is 0 Å². The van der Waals surface area contributed by atoms with E-state index in [0.717, 1.165) is 16.7 Å². The molecule has 3 rings (SSSR count). The van der Waals surface area contributed by atoms with E-state index < -0.39 is 23.9 Å². The minimum atomic E-state index is -1.50. The maximum absolute atomic E-state index is 12.4. The van der Waals surface area contributed by atoms with Crippen LogP contribution in [0.3, 0.4) is 0 Å². The van der Waals surface area contributed by atoms with Crippen molar-refractivity contribution in [1.82, 2.24) is 4.90 Å². The summed E-state index contributed by atoms with van der Waals surface area (Å²) in [5, 5.41) is 20.0. The largest absolute Gasteiger partial charge is 0.444 e. The molecule has 1 unspecified atom stereocenters. The molecule has 0 aromatic heterocycles. The van der Waals surface area contributed by atoms with Gasteiger partial charge in [0.25, 0.3) is 0 Å². The van der Waals surface area contributed by atoms with Crippen LogP contribution in [0.5, 0.6) is 0 Å². The zero-order chi connectivity index (χ0) is 20.3. The Kier molecular flexibility index (Phi) is 6.06. The van der Waals surface area contributed by atoms with Gasteiger partial charge in [-0.3, -0.25) is 0 Å². The van der Waals surface area contributed by atoms with Crippen molar-refractivity contribution in [2.75, 3.05) is 13.1 Å². The van der Waals surface area contributed by atoms with Gasteiger partial charge >= 0.3 is 6.09 Å². The van der Waals surface area contributed by atoms with Crippen molar-refractivity contribution in [2.24, 2.45) is 5.92 Å². The van der Waals surface area contributed by atoms with Gasteiger partial charge in [0.2, 0.25) is 0 Å². The lowest BCUT2D eigenvalue weighted by Gasteiger charge is -2.40. The molecule has 0 spiro atoms. The van der Waals surface area contributed by atoms with Gasteiger partial charge in [0.05, 0.1) is 0 Å². The van der Waals surface area contributed by atoms with Crippen molar-refractivity contribution < 1.29 is 19.7 Å². The quantitative estimate of drug-likeness (QED) is 0.786. The predicted octanol–water partition coefficient (Wildman–Crippen LogP) is 4.00. The van der Waals surface area contributed by atoms with E-state index in [1.165, 1.54) is 0 Å². The van der Waals surface area contributed by atoms with Crippen LogP contribution in [0.1, 0.15) is 38.7 Å². The van der Waals surface area contributed by atoms with E-state index in [1.807, 2.05) is 51.1 Å². The van der Waals surface area contributed by atoms with Gasteiger partial charge in [-0.15, -0.1) is 0 Å². The molecule has 0 saturated carbocycles. The first kappa shape index (κ1) is 20.4. The number of aliphatic hydroxyl groups excluding tert-OH is 1. The SMILES string of the molecule is CC(C)(C)OC(=O)N1CC[C@H](c2cccc(-c3ccccc3)c2)C(C(O)O)C1. The minimum absolute atomic E-state index is 0.0395. The van der Waals surface area contributed by atoms with E-state index in [2.05, 4.69) is 24.3 Å². The van der Waals surface area contributed by atoms with Crippen molar-refractivity contribution in [3.05, 3.63) is 60.2 Å². The van der Waals surface area contributed by atoms with Gasteiger partial charge in [-0.1, -0.05) is 54.6 Å². The van der Waals surface area contributed by atoms with Crippen LogP contribution >= 0.6 is 0 Å². The van der Waals surface area contributed by atoms with Crippen LogP contribution in [-0.4, -0.2) is 46.2 Å². The Morgan fingerprint density at radius 2 is 1.75 bits per heavy atom. The fraction of sp³-hybridized carbons (Fsp3) is 0.435. The van der Waals surface area contributed by atoms with Crippen molar-refractivity contribution in [3.8, 4) is 11.1 Å². The number of benzene rings is 2.